The smallest absolute Gasteiger partial charge is 0.257 e. The second-order valence-corrected chi connectivity index (χ2v) is 5.43. The zero-order valence-electron chi connectivity index (χ0n) is 11.0. The molecule has 0 atom stereocenters. The summed E-state index contributed by atoms with van der Waals surface area (Å²) in [6.45, 7) is 1.93. The van der Waals surface area contributed by atoms with Crippen LogP contribution in [0.3, 0.4) is 0 Å². The minimum Gasteiger partial charge on any atom is -0.372 e. The van der Waals surface area contributed by atoms with Crippen LogP contribution >= 0.6 is 27.5 Å². The summed E-state index contributed by atoms with van der Waals surface area (Å²) in [7, 11) is 1.72. The maximum Gasteiger partial charge on any atom is 0.257 e. The van der Waals surface area contributed by atoms with Gasteiger partial charge in [-0.25, -0.2) is 4.98 Å². The van der Waals surface area contributed by atoms with Crippen LogP contribution in [0, 0.1) is 6.92 Å². The lowest BCUT2D eigenvalue weighted by atomic mass is 10.2. The van der Waals surface area contributed by atoms with Crippen LogP contribution in [0.5, 0.6) is 0 Å². The number of aromatic nitrogens is 1. The van der Waals surface area contributed by atoms with Crippen LogP contribution in [0.4, 0.5) is 11.5 Å². The highest BCUT2D eigenvalue weighted by Gasteiger charge is 2.11. The zero-order valence-corrected chi connectivity index (χ0v) is 13.3. The number of anilines is 2. The summed E-state index contributed by atoms with van der Waals surface area (Å²) in [5.41, 5.74) is 2.12. The summed E-state index contributed by atoms with van der Waals surface area (Å²) in [6, 6.07) is 7.21. The fourth-order valence-electron chi connectivity index (χ4n) is 1.68. The van der Waals surface area contributed by atoms with Gasteiger partial charge in [0.2, 0.25) is 0 Å². The van der Waals surface area contributed by atoms with Gasteiger partial charge in [-0.1, -0.05) is 33.6 Å². The number of carbonyl (C=O) groups excluding carboxylic acids is 1. The second-order valence-electron chi connectivity index (χ2n) is 4.17. The third-order valence-electron chi connectivity index (χ3n) is 2.86. The molecule has 0 unspecified atom stereocenters. The molecule has 0 fully saturated rings. The number of benzene rings is 1. The van der Waals surface area contributed by atoms with Crippen LogP contribution in [-0.4, -0.2) is 17.9 Å². The van der Waals surface area contributed by atoms with Gasteiger partial charge in [-0.2, -0.15) is 0 Å². The molecule has 0 aliphatic heterocycles. The molecule has 0 bridgehead atoms. The van der Waals surface area contributed by atoms with E-state index in [0.29, 0.717) is 16.4 Å². The Morgan fingerprint density at radius 1 is 1.40 bits per heavy atom. The van der Waals surface area contributed by atoms with Gasteiger partial charge >= 0.3 is 0 Å². The van der Waals surface area contributed by atoms with Crippen molar-refractivity contribution in [3.05, 3.63) is 51.1 Å². The Kier molecular flexibility index (Phi) is 4.62. The highest BCUT2D eigenvalue weighted by atomic mass is 79.9. The number of rotatable bonds is 3. The zero-order chi connectivity index (χ0) is 14.7. The molecule has 0 aliphatic rings. The summed E-state index contributed by atoms with van der Waals surface area (Å²) < 4.78 is 0.942. The van der Waals surface area contributed by atoms with Crippen molar-refractivity contribution in [1.82, 2.24) is 4.98 Å². The number of amides is 1. The third kappa shape index (κ3) is 3.11. The van der Waals surface area contributed by atoms with E-state index >= 15 is 0 Å². The Bertz CT molecular complexity index is 661. The number of halogens is 2. The molecule has 0 saturated heterocycles. The molecular formula is C14H13BrClN3O. The van der Waals surface area contributed by atoms with Crippen molar-refractivity contribution in [2.45, 2.75) is 6.92 Å². The van der Waals surface area contributed by atoms with Crippen molar-refractivity contribution in [3.63, 3.8) is 0 Å². The van der Waals surface area contributed by atoms with Gasteiger partial charge in [-0.05, 0) is 30.7 Å². The number of nitrogens with one attached hydrogen (secondary N) is 2. The Labute approximate surface area is 130 Å². The molecule has 0 radical (unpaired) electrons. The van der Waals surface area contributed by atoms with Gasteiger partial charge in [0.05, 0.1) is 10.6 Å². The first-order chi connectivity index (χ1) is 9.52. The summed E-state index contributed by atoms with van der Waals surface area (Å²) in [5.74, 6) is 0.296. The number of hydrogen-bond acceptors (Lipinski definition) is 3. The monoisotopic (exact) mass is 353 g/mol. The number of pyridine rings is 1. The van der Waals surface area contributed by atoms with Gasteiger partial charge in [0.15, 0.2) is 0 Å². The highest BCUT2D eigenvalue weighted by molar-refractivity contribution is 9.10. The van der Waals surface area contributed by atoms with Gasteiger partial charge in [-0.3, -0.25) is 4.79 Å². The van der Waals surface area contributed by atoms with Crippen molar-refractivity contribution >= 4 is 44.9 Å². The predicted molar refractivity (Wildman–Crippen MR) is 85.6 cm³/mol. The molecule has 0 spiro atoms. The van der Waals surface area contributed by atoms with Crippen LogP contribution in [-0.2, 0) is 0 Å². The summed E-state index contributed by atoms with van der Waals surface area (Å²) in [5, 5.41) is 6.10. The van der Waals surface area contributed by atoms with Crippen molar-refractivity contribution in [2.24, 2.45) is 0 Å². The Morgan fingerprint density at radius 3 is 2.80 bits per heavy atom. The molecule has 20 heavy (non-hydrogen) atoms. The molecule has 6 heteroatoms. The van der Waals surface area contributed by atoms with E-state index in [4.69, 9.17) is 11.6 Å². The van der Waals surface area contributed by atoms with E-state index in [0.717, 1.165) is 15.7 Å². The molecule has 1 amide bonds. The van der Waals surface area contributed by atoms with Crippen LogP contribution in [0.15, 0.2) is 34.9 Å². The molecule has 2 aromatic rings. The van der Waals surface area contributed by atoms with E-state index in [2.05, 4.69) is 31.5 Å². The van der Waals surface area contributed by atoms with Gasteiger partial charge in [-0.15, -0.1) is 0 Å². The van der Waals surface area contributed by atoms with Crippen LogP contribution in [0.25, 0.3) is 0 Å². The first-order valence-electron chi connectivity index (χ1n) is 5.92. The summed E-state index contributed by atoms with van der Waals surface area (Å²) >= 11 is 9.45. The van der Waals surface area contributed by atoms with E-state index in [1.165, 1.54) is 6.20 Å². The third-order valence-corrected chi connectivity index (χ3v) is 4.00. The molecule has 1 aromatic heterocycles. The molecular weight excluding hydrogens is 342 g/mol. The van der Waals surface area contributed by atoms with E-state index < -0.39 is 0 Å². The van der Waals surface area contributed by atoms with Crippen LogP contribution in [0.2, 0.25) is 5.02 Å². The average Bonchev–Trinajstić information content (AvgIpc) is 2.43. The SMILES string of the molecule is CNc1ncc(C(=O)Nc2cccc(Br)c2C)cc1Cl. The Hall–Kier alpha value is -1.59. The average molecular weight is 355 g/mol. The molecule has 1 heterocycles. The number of carbonyl (C=O) groups is 1. The number of nitrogens with zero attached hydrogens (tertiary/aromatic N) is 1. The lowest BCUT2D eigenvalue weighted by Gasteiger charge is -2.10. The number of hydrogen-bond donors (Lipinski definition) is 2. The Balaban J connectivity index is 2.24. The van der Waals surface area contributed by atoms with Gasteiger partial charge in [0.1, 0.15) is 5.82 Å². The normalized spacial score (nSPS) is 10.2. The Morgan fingerprint density at radius 2 is 2.15 bits per heavy atom. The molecule has 4 nitrogen and oxygen atoms in total. The maximum absolute atomic E-state index is 12.2. The second kappa shape index (κ2) is 6.24. The fraction of sp³-hybridized carbons (Fsp3) is 0.143. The van der Waals surface area contributed by atoms with E-state index in [-0.39, 0.29) is 5.91 Å². The van der Waals surface area contributed by atoms with Gasteiger partial charge < -0.3 is 10.6 Å². The van der Waals surface area contributed by atoms with E-state index in [1.54, 1.807) is 13.1 Å². The van der Waals surface area contributed by atoms with Gasteiger partial charge in [0.25, 0.3) is 5.91 Å². The summed E-state index contributed by atoms with van der Waals surface area (Å²) in [4.78, 5) is 16.3. The standard InChI is InChI=1S/C14H13BrClN3O/c1-8-10(15)4-3-5-12(8)19-14(20)9-6-11(16)13(17-2)18-7-9/h3-7H,1-2H3,(H,17,18)(H,19,20). The molecule has 0 saturated carbocycles. The molecule has 1 aromatic carbocycles. The minimum atomic E-state index is -0.247. The topological polar surface area (TPSA) is 54.0 Å². The van der Waals surface area contributed by atoms with Crippen LogP contribution in [0.1, 0.15) is 15.9 Å². The molecule has 2 N–H and O–H groups in total. The largest absolute Gasteiger partial charge is 0.372 e. The van der Waals surface area contributed by atoms with E-state index in [9.17, 15) is 4.79 Å². The lowest BCUT2D eigenvalue weighted by Crippen LogP contribution is -2.13. The van der Waals surface area contributed by atoms with Crippen LogP contribution < -0.4 is 10.6 Å². The van der Waals surface area contributed by atoms with Crippen molar-refractivity contribution < 1.29 is 4.79 Å². The predicted octanol–water partition coefficient (Wildman–Crippen LogP) is 4.10. The van der Waals surface area contributed by atoms with E-state index in [1.807, 2.05) is 25.1 Å². The van der Waals surface area contributed by atoms with Crippen molar-refractivity contribution in [2.75, 3.05) is 17.7 Å². The fourth-order valence-corrected chi connectivity index (χ4v) is 2.31. The first-order valence-corrected chi connectivity index (χ1v) is 7.09. The maximum atomic E-state index is 12.2. The highest BCUT2D eigenvalue weighted by Crippen LogP contribution is 2.25. The minimum absolute atomic E-state index is 0.247. The quantitative estimate of drug-likeness (QED) is 0.872. The lowest BCUT2D eigenvalue weighted by molar-refractivity contribution is 0.102. The van der Waals surface area contributed by atoms with Crippen molar-refractivity contribution in [3.8, 4) is 0 Å². The molecule has 0 aliphatic carbocycles. The molecule has 2 rings (SSSR count). The molecule has 104 valence electrons. The first kappa shape index (κ1) is 14.8. The summed E-state index contributed by atoms with van der Waals surface area (Å²) in [6.07, 6.45) is 1.49. The van der Waals surface area contributed by atoms with Gasteiger partial charge in [0, 0.05) is 23.4 Å². The van der Waals surface area contributed by atoms with Crippen molar-refractivity contribution in [1.29, 1.82) is 0 Å².